The molecule has 1 aromatic heterocycles. The maximum Gasteiger partial charge on any atom is 0.172 e. The summed E-state index contributed by atoms with van der Waals surface area (Å²) < 4.78 is 14.5. The molecule has 1 fully saturated rings. The largest absolute Gasteiger partial charge is 0.381 e. The van der Waals surface area contributed by atoms with E-state index in [0.29, 0.717) is 27.7 Å². The molecular weight excluding hydrogens is 289 g/mol. The smallest absolute Gasteiger partial charge is 0.172 e. The predicted molar refractivity (Wildman–Crippen MR) is 85.4 cm³/mol. The summed E-state index contributed by atoms with van der Waals surface area (Å²) in [7, 11) is 4.14. The van der Waals surface area contributed by atoms with Gasteiger partial charge in [-0.15, -0.1) is 0 Å². The summed E-state index contributed by atoms with van der Waals surface area (Å²) in [5, 5.41) is 4.40. The lowest BCUT2D eigenvalue weighted by Crippen LogP contribution is -2.36. The quantitative estimate of drug-likeness (QED) is 0.911. The van der Waals surface area contributed by atoms with Crippen molar-refractivity contribution in [3.05, 3.63) is 35.2 Å². The van der Waals surface area contributed by atoms with Crippen molar-refractivity contribution in [2.45, 2.75) is 18.9 Å². The van der Waals surface area contributed by atoms with E-state index >= 15 is 0 Å². The van der Waals surface area contributed by atoms with Crippen LogP contribution >= 0.6 is 11.6 Å². The summed E-state index contributed by atoms with van der Waals surface area (Å²) >= 11 is 6.07. The molecule has 2 aromatic rings. The predicted octanol–water partition coefficient (Wildman–Crippen LogP) is 3.78. The van der Waals surface area contributed by atoms with Crippen LogP contribution in [0, 0.1) is 11.7 Å². The lowest BCUT2D eigenvalue weighted by atomic mass is 10.1. The van der Waals surface area contributed by atoms with E-state index in [1.165, 1.54) is 19.0 Å². The minimum atomic E-state index is -0.330. The van der Waals surface area contributed by atoms with Gasteiger partial charge in [-0.1, -0.05) is 11.6 Å². The molecule has 112 valence electrons. The number of pyridine rings is 1. The highest BCUT2D eigenvalue weighted by atomic mass is 35.5. The summed E-state index contributed by atoms with van der Waals surface area (Å²) in [6, 6.07) is 5.67. The highest BCUT2D eigenvalue weighted by Crippen LogP contribution is 2.35. The number of benzene rings is 1. The van der Waals surface area contributed by atoms with Gasteiger partial charge in [-0.05, 0) is 51.1 Å². The maximum atomic E-state index is 14.5. The van der Waals surface area contributed by atoms with Crippen molar-refractivity contribution >= 4 is 28.2 Å². The van der Waals surface area contributed by atoms with Crippen molar-refractivity contribution in [1.29, 1.82) is 0 Å². The number of hydrogen-bond acceptors (Lipinski definition) is 3. The monoisotopic (exact) mass is 307 g/mol. The Morgan fingerprint density at radius 1 is 1.38 bits per heavy atom. The van der Waals surface area contributed by atoms with Crippen LogP contribution in [0.1, 0.15) is 12.8 Å². The van der Waals surface area contributed by atoms with Crippen molar-refractivity contribution in [2.75, 3.05) is 26.0 Å². The summed E-state index contributed by atoms with van der Waals surface area (Å²) in [6.07, 6.45) is 4.06. The average Bonchev–Trinajstić information content (AvgIpc) is 3.26. The van der Waals surface area contributed by atoms with Crippen LogP contribution in [0.4, 0.5) is 10.1 Å². The molecule has 21 heavy (non-hydrogen) atoms. The number of fused-ring (bicyclic) bond motifs is 1. The van der Waals surface area contributed by atoms with Gasteiger partial charge in [0.05, 0.1) is 10.7 Å². The second-order valence-corrected chi connectivity index (χ2v) is 6.27. The Morgan fingerprint density at radius 2 is 2.14 bits per heavy atom. The third-order valence-electron chi connectivity index (χ3n) is 4.13. The molecule has 3 rings (SSSR count). The van der Waals surface area contributed by atoms with E-state index in [9.17, 15) is 4.39 Å². The van der Waals surface area contributed by atoms with Crippen molar-refractivity contribution in [1.82, 2.24) is 9.88 Å². The Bertz CT molecular complexity index is 653. The van der Waals surface area contributed by atoms with Gasteiger partial charge in [-0.25, -0.2) is 4.39 Å². The van der Waals surface area contributed by atoms with E-state index in [1.54, 1.807) is 12.1 Å². The zero-order valence-corrected chi connectivity index (χ0v) is 13.0. The zero-order chi connectivity index (χ0) is 15.0. The Kier molecular flexibility index (Phi) is 4.00. The van der Waals surface area contributed by atoms with Gasteiger partial charge in [0, 0.05) is 24.2 Å². The number of aromatic nitrogens is 1. The molecule has 1 N–H and O–H groups in total. The van der Waals surface area contributed by atoms with E-state index in [2.05, 4.69) is 29.3 Å². The Hall–Kier alpha value is -1.39. The van der Waals surface area contributed by atoms with E-state index in [0.717, 1.165) is 12.5 Å². The van der Waals surface area contributed by atoms with Crippen LogP contribution < -0.4 is 5.32 Å². The van der Waals surface area contributed by atoms with E-state index in [1.807, 2.05) is 6.07 Å². The SMILES string of the molecule is CN(C)C(CNc1ccc2c(Cl)ccnc2c1F)C1CC1. The highest BCUT2D eigenvalue weighted by Gasteiger charge is 2.32. The molecule has 1 saturated carbocycles. The first-order valence-electron chi connectivity index (χ1n) is 7.21. The van der Waals surface area contributed by atoms with Crippen LogP contribution in [0.15, 0.2) is 24.4 Å². The van der Waals surface area contributed by atoms with Crippen LogP contribution in [-0.2, 0) is 0 Å². The Morgan fingerprint density at radius 3 is 2.81 bits per heavy atom. The standard InChI is InChI=1S/C16H19ClFN3/c1-21(2)14(10-3-4-10)9-20-13-6-5-11-12(17)7-8-19-16(11)15(13)18/h5-8,10,14,20H,3-4,9H2,1-2H3. The maximum absolute atomic E-state index is 14.5. The Balaban J connectivity index is 1.82. The molecule has 1 unspecified atom stereocenters. The van der Waals surface area contributed by atoms with Crippen molar-refractivity contribution in [3.8, 4) is 0 Å². The molecule has 5 heteroatoms. The topological polar surface area (TPSA) is 28.2 Å². The molecule has 1 atom stereocenters. The molecule has 0 bridgehead atoms. The second-order valence-electron chi connectivity index (χ2n) is 5.87. The molecule has 0 aliphatic heterocycles. The van der Waals surface area contributed by atoms with Gasteiger partial charge in [0.15, 0.2) is 5.82 Å². The normalized spacial score (nSPS) is 16.4. The van der Waals surface area contributed by atoms with Gasteiger partial charge in [-0.2, -0.15) is 0 Å². The number of nitrogens with one attached hydrogen (secondary N) is 1. The number of rotatable bonds is 5. The van der Waals surface area contributed by atoms with Gasteiger partial charge in [0.1, 0.15) is 5.52 Å². The number of hydrogen-bond donors (Lipinski definition) is 1. The highest BCUT2D eigenvalue weighted by molar-refractivity contribution is 6.35. The van der Waals surface area contributed by atoms with Crippen molar-refractivity contribution < 1.29 is 4.39 Å². The minimum absolute atomic E-state index is 0.320. The molecule has 0 saturated heterocycles. The van der Waals surface area contributed by atoms with Crippen LogP contribution in [-0.4, -0.2) is 36.6 Å². The first-order chi connectivity index (χ1) is 10.1. The van der Waals surface area contributed by atoms with Crippen LogP contribution in [0.2, 0.25) is 5.02 Å². The molecule has 1 aromatic carbocycles. The van der Waals surface area contributed by atoms with Crippen LogP contribution in [0.25, 0.3) is 10.9 Å². The molecular formula is C16H19ClFN3. The fourth-order valence-corrected chi connectivity index (χ4v) is 2.96. The van der Waals surface area contributed by atoms with Gasteiger partial charge in [0.25, 0.3) is 0 Å². The molecule has 3 nitrogen and oxygen atoms in total. The zero-order valence-electron chi connectivity index (χ0n) is 12.2. The summed E-state index contributed by atoms with van der Waals surface area (Å²) in [5.74, 6) is 0.395. The first-order valence-corrected chi connectivity index (χ1v) is 7.58. The van der Waals surface area contributed by atoms with E-state index in [-0.39, 0.29) is 5.82 Å². The van der Waals surface area contributed by atoms with Gasteiger partial charge >= 0.3 is 0 Å². The molecule has 1 aliphatic rings. The molecule has 1 aliphatic carbocycles. The van der Waals surface area contributed by atoms with Crippen LogP contribution in [0.3, 0.4) is 0 Å². The number of nitrogens with zero attached hydrogens (tertiary/aromatic N) is 2. The molecule has 1 heterocycles. The molecule has 0 amide bonds. The third-order valence-corrected chi connectivity index (χ3v) is 4.46. The lowest BCUT2D eigenvalue weighted by Gasteiger charge is -2.25. The number of likely N-dealkylation sites (N-methyl/N-ethyl adjacent to an activating group) is 1. The first kappa shape index (κ1) is 14.5. The second kappa shape index (κ2) is 5.78. The summed E-state index contributed by atoms with van der Waals surface area (Å²) in [6.45, 7) is 0.737. The van der Waals surface area contributed by atoms with Gasteiger partial charge in [-0.3, -0.25) is 4.98 Å². The Labute approximate surface area is 129 Å². The van der Waals surface area contributed by atoms with E-state index in [4.69, 9.17) is 11.6 Å². The lowest BCUT2D eigenvalue weighted by molar-refractivity contribution is 0.276. The summed E-state index contributed by atoms with van der Waals surface area (Å²) in [5.41, 5.74) is 0.810. The number of halogens is 2. The fraction of sp³-hybridized carbons (Fsp3) is 0.438. The third kappa shape index (κ3) is 2.97. The van der Waals surface area contributed by atoms with Crippen LogP contribution in [0.5, 0.6) is 0 Å². The average molecular weight is 308 g/mol. The van der Waals surface area contributed by atoms with E-state index < -0.39 is 0 Å². The minimum Gasteiger partial charge on any atom is -0.381 e. The van der Waals surface area contributed by atoms with Gasteiger partial charge in [0.2, 0.25) is 0 Å². The fourth-order valence-electron chi connectivity index (χ4n) is 2.75. The molecule has 0 spiro atoms. The van der Waals surface area contributed by atoms with Crippen molar-refractivity contribution in [2.24, 2.45) is 5.92 Å². The molecule has 0 radical (unpaired) electrons. The van der Waals surface area contributed by atoms with Crippen molar-refractivity contribution in [3.63, 3.8) is 0 Å². The summed E-state index contributed by atoms with van der Waals surface area (Å²) in [4.78, 5) is 6.31. The van der Waals surface area contributed by atoms with Gasteiger partial charge < -0.3 is 10.2 Å². The number of anilines is 1.